The van der Waals surface area contributed by atoms with E-state index in [9.17, 15) is 13.6 Å². The molecule has 0 radical (unpaired) electrons. The summed E-state index contributed by atoms with van der Waals surface area (Å²) >= 11 is 1.14. The number of thioether (sulfide) groups is 1. The number of aryl methyl sites for hydroxylation is 2. The largest absolute Gasteiger partial charge is 0.435 e. The Morgan fingerprint density at radius 1 is 1.07 bits per heavy atom. The second kappa shape index (κ2) is 8.52. The van der Waals surface area contributed by atoms with E-state index in [1.165, 1.54) is 29.8 Å². The van der Waals surface area contributed by atoms with E-state index in [0.29, 0.717) is 11.5 Å². The van der Waals surface area contributed by atoms with Crippen molar-refractivity contribution in [3.8, 4) is 17.2 Å². The van der Waals surface area contributed by atoms with Crippen LogP contribution in [0.5, 0.6) is 5.75 Å². The highest BCUT2D eigenvalue weighted by molar-refractivity contribution is 8.00. The Morgan fingerprint density at radius 3 is 2.43 bits per heavy atom. The molecular weight excluding hydrogens is 386 g/mol. The molecule has 0 unspecified atom stereocenters. The zero-order chi connectivity index (χ0) is 20.3. The van der Waals surface area contributed by atoms with Gasteiger partial charge in [-0.05, 0) is 68.3 Å². The first-order chi connectivity index (χ1) is 13.3. The molecule has 3 aromatic rings. The van der Waals surface area contributed by atoms with Crippen LogP contribution in [0.1, 0.15) is 28.4 Å². The van der Waals surface area contributed by atoms with Gasteiger partial charge in [0.25, 0.3) is 5.22 Å². The lowest BCUT2D eigenvalue weighted by Crippen LogP contribution is -2.13. The van der Waals surface area contributed by atoms with E-state index in [1.807, 2.05) is 32.0 Å². The Hall–Kier alpha value is -2.74. The van der Waals surface area contributed by atoms with Crippen molar-refractivity contribution in [1.82, 2.24) is 10.2 Å². The maximum absolute atomic E-state index is 12.5. The molecule has 5 nitrogen and oxygen atoms in total. The molecule has 0 aliphatic heterocycles. The van der Waals surface area contributed by atoms with E-state index in [2.05, 4.69) is 14.9 Å². The van der Waals surface area contributed by atoms with Crippen molar-refractivity contribution < 1.29 is 22.7 Å². The van der Waals surface area contributed by atoms with Crippen LogP contribution >= 0.6 is 11.8 Å². The molecule has 0 N–H and O–H groups in total. The van der Waals surface area contributed by atoms with E-state index in [0.717, 1.165) is 22.9 Å². The third kappa shape index (κ3) is 4.75. The molecule has 1 atom stereocenters. The average Bonchev–Trinajstić information content (AvgIpc) is 3.12. The summed E-state index contributed by atoms with van der Waals surface area (Å²) in [4.78, 5) is 12.5. The number of halogens is 2. The smallest absolute Gasteiger partial charge is 0.387 e. The summed E-state index contributed by atoms with van der Waals surface area (Å²) in [5.41, 5.74) is 3.49. The first-order valence-corrected chi connectivity index (χ1v) is 9.38. The Kier molecular flexibility index (Phi) is 6.08. The van der Waals surface area contributed by atoms with Gasteiger partial charge in [0.2, 0.25) is 5.89 Å². The lowest BCUT2D eigenvalue weighted by molar-refractivity contribution is -0.0498. The summed E-state index contributed by atoms with van der Waals surface area (Å²) < 4.78 is 34.4. The molecule has 28 heavy (non-hydrogen) atoms. The molecule has 3 rings (SSSR count). The standard InChI is InChI=1S/C20H18F2N2O3S/c1-11-4-5-15(10-12(11)2)18-23-24-20(27-18)28-13(3)17(25)14-6-8-16(9-7-14)26-19(21)22/h4-10,13,19H,1-3H3/t13-/m1/s1. The Labute approximate surface area is 165 Å². The second-order valence-corrected chi connectivity index (χ2v) is 7.49. The van der Waals surface area contributed by atoms with E-state index in [4.69, 9.17) is 4.42 Å². The fraction of sp³-hybridized carbons (Fsp3) is 0.250. The zero-order valence-corrected chi connectivity index (χ0v) is 16.3. The van der Waals surface area contributed by atoms with Crippen molar-refractivity contribution >= 4 is 17.5 Å². The van der Waals surface area contributed by atoms with Crippen LogP contribution in [0.4, 0.5) is 8.78 Å². The molecule has 2 aromatic carbocycles. The van der Waals surface area contributed by atoms with Gasteiger partial charge in [-0.1, -0.05) is 17.8 Å². The topological polar surface area (TPSA) is 65.2 Å². The number of benzene rings is 2. The minimum atomic E-state index is -2.90. The van der Waals surface area contributed by atoms with Crippen molar-refractivity contribution in [3.63, 3.8) is 0 Å². The minimum Gasteiger partial charge on any atom is -0.435 e. The number of carbonyl (C=O) groups excluding carboxylic acids is 1. The van der Waals surface area contributed by atoms with Crippen LogP contribution in [0, 0.1) is 13.8 Å². The third-order valence-corrected chi connectivity index (χ3v) is 5.11. The van der Waals surface area contributed by atoms with E-state index in [-0.39, 0.29) is 16.8 Å². The monoisotopic (exact) mass is 404 g/mol. The van der Waals surface area contributed by atoms with Crippen LogP contribution in [0.15, 0.2) is 52.1 Å². The van der Waals surface area contributed by atoms with Crippen LogP contribution < -0.4 is 4.74 Å². The molecule has 0 spiro atoms. The Balaban J connectivity index is 1.67. The third-order valence-electron chi connectivity index (χ3n) is 4.17. The lowest BCUT2D eigenvalue weighted by Gasteiger charge is -2.09. The van der Waals surface area contributed by atoms with Crippen molar-refractivity contribution in [3.05, 3.63) is 59.2 Å². The highest BCUT2D eigenvalue weighted by Crippen LogP contribution is 2.29. The molecule has 0 saturated carbocycles. The molecule has 0 bridgehead atoms. The van der Waals surface area contributed by atoms with Gasteiger partial charge < -0.3 is 9.15 Å². The number of Topliss-reactive ketones (excluding diaryl/α,β-unsaturated/α-hetero) is 1. The van der Waals surface area contributed by atoms with Gasteiger partial charge in [-0.15, -0.1) is 10.2 Å². The number of hydrogen-bond acceptors (Lipinski definition) is 6. The molecule has 146 valence electrons. The summed E-state index contributed by atoms with van der Waals surface area (Å²) in [5, 5.41) is 7.84. The van der Waals surface area contributed by atoms with Crippen LogP contribution in [0.25, 0.3) is 11.5 Å². The molecule has 0 saturated heterocycles. The number of alkyl halides is 2. The van der Waals surface area contributed by atoms with Crippen molar-refractivity contribution in [1.29, 1.82) is 0 Å². The maximum Gasteiger partial charge on any atom is 0.387 e. The summed E-state index contributed by atoms with van der Waals surface area (Å²) in [5.74, 6) is 0.208. The van der Waals surface area contributed by atoms with Crippen LogP contribution in [0.3, 0.4) is 0 Å². The molecule has 8 heteroatoms. The predicted molar refractivity (Wildman–Crippen MR) is 102 cm³/mol. The van der Waals surface area contributed by atoms with E-state index in [1.54, 1.807) is 6.92 Å². The lowest BCUT2D eigenvalue weighted by atomic mass is 10.1. The summed E-state index contributed by atoms with van der Waals surface area (Å²) in [6.07, 6.45) is 0. The molecule has 0 aliphatic carbocycles. The Morgan fingerprint density at radius 2 is 1.79 bits per heavy atom. The Bertz CT molecular complexity index is 974. The number of hydrogen-bond donors (Lipinski definition) is 0. The SMILES string of the molecule is Cc1ccc(-c2nnc(S[C@H](C)C(=O)c3ccc(OC(F)F)cc3)o2)cc1C. The van der Waals surface area contributed by atoms with Crippen LogP contribution in [-0.4, -0.2) is 27.8 Å². The highest BCUT2D eigenvalue weighted by atomic mass is 32.2. The number of ether oxygens (including phenoxy) is 1. The quantitative estimate of drug-likeness (QED) is 0.392. The summed E-state index contributed by atoms with van der Waals surface area (Å²) in [6.45, 7) is 2.84. The number of carbonyl (C=O) groups is 1. The van der Waals surface area contributed by atoms with Gasteiger partial charge in [0.05, 0.1) is 5.25 Å². The molecule has 0 amide bonds. The summed E-state index contributed by atoms with van der Waals surface area (Å²) in [7, 11) is 0. The predicted octanol–water partition coefficient (Wildman–Crippen LogP) is 5.32. The first kappa shape index (κ1) is 20.0. The molecule has 0 aliphatic rings. The fourth-order valence-electron chi connectivity index (χ4n) is 2.49. The molecule has 1 heterocycles. The molecular formula is C20H18F2N2O3S. The van der Waals surface area contributed by atoms with Gasteiger partial charge >= 0.3 is 6.61 Å². The summed E-state index contributed by atoms with van der Waals surface area (Å²) in [6, 6.07) is 11.4. The van der Waals surface area contributed by atoms with Gasteiger partial charge in [-0.25, -0.2) is 0 Å². The van der Waals surface area contributed by atoms with Crippen LogP contribution in [-0.2, 0) is 0 Å². The van der Waals surface area contributed by atoms with Gasteiger partial charge in [0.1, 0.15) is 5.75 Å². The zero-order valence-electron chi connectivity index (χ0n) is 15.5. The number of rotatable bonds is 7. The number of aromatic nitrogens is 2. The maximum atomic E-state index is 12.5. The number of ketones is 1. The minimum absolute atomic E-state index is 0.00166. The van der Waals surface area contributed by atoms with Gasteiger partial charge in [-0.3, -0.25) is 4.79 Å². The van der Waals surface area contributed by atoms with E-state index < -0.39 is 11.9 Å². The van der Waals surface area contributed by atoms with E-state index >= 15 is 0 Å². The normalized spacial score (nSPS) is 12.2. The second-order valence-electron chi connectivity index (χ2n) is 6.20. The molecule has 1 aromatic heterocycles. The van der Waals surface area contributed by atoms with Gasteiger partial charge in [0, 0.05) is 11.1 Å². The fourth-order valence-corrected chi connectivity index (χ4v) is 3.25. The van der Waals surface area contributed by atoms with Gasteiger partial charge in [-0.2, -0.15) is 8.78 Å². The number of nitrogens with zero attached hydrogens (tertiary/aromatic N) is 2. The van der Waals surface area contributed by atoms with Crippen molar-refractivity contribution in [2.24, 2.45) is 0 Å². The van der Waals surface area contributed by atoms with Gasteiger partial charge in [0.15, 0.2) is 5.78 Å². The van der Waals surface area contributed by atoms with Crippen molar-refractivity contribution in [2.75, 3.05) is 0 Å². The molecule has 0 fully saturated rings. The highest BCUT2D eigenvalue weighted by Gasteiger charge is 2.20. The van der Waals surface area contributed by atoms with Crippen LogP contribution in [0.2, 0.25) is 0 Å². The first-order valence-electron chi connectivity index (χ1n) is 8.50. The van der Waals surface area contributed by atoms with Crippen molar-refractivity contribution in [2.45, 2.75) is 37.9 Å². The average molecular weight is 404 g/mol.